The molecule has 0 amide bonds. The zero-order chi connectivity index (χ0) is 14.8. The number of fused-ring (bicyclic) bond motifs is 7. The molecular weight excluding hydrogens is 322 g/mol. The maximum absolute atomic E-state index is 13.5. The maximum atomic E-state index is 13.5. The van der Waals surface area contributed by atoms with E-state index in [1.807, 2.05) is 22.9 Å². The van der Waals surface area contributed by atoms with Gasteiger partial charge in [-0.3, -0.25) is 0 Å². The van der Waals surface area contributed by atoms with E-state index in [0.29, 0.717) is 11.0 Å². The normalized spacial score (nSPS) is 12.1. The minimum Gasteiger partial charge on any atom is -0.244 e. The van der Waals surface area contributed by atoms with Crippen molar-refractivity contribution in [2.45, 2.75) is 0 Å². The van der Waals surface area contributed by atoms with Crippen LogP contribution in [0.25, 0.3) is 42.2 Å². The molecule has 5 aromatic rings. The summed E-state index contributed by atoms with van der Waals surface area (Å²) in [6.07, 6.45) is 0. The first-order valence-corrected chi connectivity index (χ1v) is 8.31. The lowest BCUT2D eigenvalue weighted by Gasteiger charge is -2.05. The molecule has 0 aliphatic carbocycles. The molecule has 0 aliphatic heterocycles. The van der Waals surface area contributed by atoms with E-state index in [1.54, 1.807) is 22.7 Å². The molecule has 5 rings (SSSR count). The van der Waals surface area contributed by atoms with Gasteiger partial charge < -0.3 is 0 Å². The number of hydrogen-bond donors (Lipinski definition) is 0. The van der Waals surface area contributed by atoms with Crippen molar-refractivity contribution in [3.05, 3.63) is 46.7 Å². The van der Waals surface area contributed by atoms with Crippen LogP contribution >= 0.6 is 22.7 Å². The molecule has 0 N–H and O–H groups in total. The van der Waals surface area contributed by atoms with E-state index >= 15 is 0 Å². The number of hydrogen-bond acceptors (Lipinski definition) is 4. The van der Waals surface area contributed by atoms with Gasteiger partial charge in [0, 0.05) is 22.9 Å². The lowest BCUT2D eigenvalue weighted by atomic mass is 10.1. The van der Waals surface area contributed by atoms with E-state index in [1.165, 1.54) is 0 Å². The fourth-order valence-electron chi connectivity index (χ4n) is 2.77. The van der Waals surface area contributed by atoms with Crippen LogP contribution in [0.4, 0.5) is 8.78 Å². The third-order valence-electron chi connectivity index (χ3n) is 3.75. The molecule has 3 aromatic heterocycles. The van der Waals surface area contributed by atoms with E-state index < -0.39 is 11.6 Å². The summed E-state index contributed by atoms with van der Waals surface area (Å²) in [5, 5.41) is 6.05. The van der Waals surface area contributed by atoms with Crippen molar-refractivity contribution in [1.29, 1.82) is 0 Å². The van der Waals surface area contributed by atoms with Crippen LogP contribution < -0.4 is 0 Å². The van der Waals surface area contributed by atoms with Crippen LogP contribution in [-0.2, 0) is 0 Å². The first kappa shape index (κ1) is 12.4. The summed E-state index contributed by atoms with van der Waals surface area (Å²) in [4.78, 5) is 9.10. The SMILES string of the molecule is Fc1cc2nc3c4ccsc4c4sccc4c3nc2cc1F. The van der Waals surface area contributed by atoms with Crippen LogP contribution in [-0.4, -0.2) is 9.97 Å². The molecule has 2 aromatic carbocycles. The summed E-state index contributed by atoms with van der Waals surface area (Å²) in [7, 11) is 0. The summed E-state index contributed by atoms with van der Waals surface area (Å²) < 4.78 is 29.3. The Hall–Kier alpha value is -2.18. The largest absolute Gasteiger partial charge is 0.244 e. The molecule has 6 heteroatoms. The van der Waals surface area contributed by atoms with Crippen molar-refractivity contribution in [2.75, 3.05) is 0 Å². The smallest absolute Gasteiger partial charge is 0.161 e. The van der Waals surface area contributed by atoms with E-state index in [2.05, 4.69) is 9.97 Å². The summed E-state index contributed by atoms with van der Waals surface area (Å²) >= 11 is 3.31. The molecule has 3 heterocycles. The van der Waals surface area contributed by atoms with Gasteiger partial charge in [-0.2, -0.15) is 0 Å². The molecule has 0 bridgehead atoms. The third kappa shape index (κ3) is 1.51. The Balaban J connectivity index is 2.11. The molecule has 0 aliphatic rings. The van der Waals surface area contributed by atoms with Gasteiger partial charge in [0.2, 0.25) is 0 Å². The van der Waals surface area contributed by atoms with Gasteiger partial charge >= 0.3 is 0 Å². The van der Waals surface area contributed by atoms with E-state index in [9.17, 15) is 8.78 Å². The Morgan fingerprint density at radius 1 is 0.727 bits per heavy atom. The monoisotopic (exact) mass is 328 g/mol. The second-order valence-corrected chi connectivity index (χ2v) is 6.83. The summed E-state index contributed by atoms with van der Waals surface area (Å²) in [5.41, 5.74) is 2.21. The Bertz CT molecular complexity index is 1110. The number of thiophene rings is 2. The summed E-state index contributed by atoms with van der Waals surface area (Å²) in [5.74, 6) is -1.81. The fourth-order valence-corrected chi connectivity index (χ4v) is 4.76. The summed E-state index contributed by atoms with van der Waals surface area (Å²) in [6.45, 7) is 0. The van der Waals surface area contributed by atoms with Gasteiger partial charge in [0.1, 0.15) is 0 Å². The van der Waals surface area contributed by atoms with E-state index in [-0.39, 0.29) is 0 Å². The molecule has 0 atom stereocenters. The first-order chi connectivity index (χ1) is 10.7. The second-order valence-electron chi connectivity index (χ2n) is 5.00. The number of aromatic nitrogens is 2. The molecule has 0 fully saturated rings. The highest BCUT2D eigenvalue weighted by Gasteiger charge is 2.15. The van der Waals surface area contributed by atoms with Gasteiger partial charge in [-0.1, -0.05) is 0 Å². The molecule has 0 spiro atoms. The zero-order valence-corrected chi connectivity index (χ0v) is 12.6. The molecule has 2 nitrogen and oxygen atoms in total. The first-order valence-electron chi connectivity index (χ1n) is 6.55. The average molecular weight is 328 g/mol. The summed E-state index contributed by atoms with van der Waals surface area (Å²) in [6, 6.07) is 6.21. The lowest BCUT2D eigenvalue weighted by Crippen LogP contribution is -1.92. The standard InChI is InChI=1S/C16H6F2N2S2/c17-9-5-11-12(6-10(9)18)20-14-8-2-4-22-16(8)15-7(1-3-21-15)13(14)19-11/h1-6H. The van der Waals surface area contributed by atoms with Crippen molar-refractivity contribution in [2.24, 2.45) is 0 Å². The molecule has 106 valence electrons. The average Bonchev–Trinajstić information content (AvgIpc) is 3.15. The van der Waals surface area contributed by atoms with Crippen LogP contribution in [0, 0.1) is 11.6 Å². The van der Waals surface area contributed by atoms with Crippen molar-refractivity contribution in [1.82, 2.24) is 9.97 Å². The molecule has 0 unspecified atom stereocenters. The van der Waals surface area contributed by atoms with Crippen LogP contribution in [0.2, 0.25) is 0 Å². The van der Waals surface area contributed by atoms with Crippen molar-refractivity contribution >= 4 is 64.9 Å². The Kier molecular flexibility index (Phi) is 2.35. The van der Waals surface area contributed by atoms with Gasteiger partial charge in [0.05, 0.1) is 31.5 Å². The molecular formula is C16H6F2N2S2. The van der Waals surface area contributed by atoms with Crippen LogP contribution in [0.1, 0.15) is 0 Å². The van der Waals surface area contributed by atoms with Gasteiger partial charge in [-0.15, -0.1) is 22.7 Å². The highest BCUT2D eigenvalue weighted by molar-refractivity contribution is 7.25. The quantitative estimate of drug-likeness (QED) is 0.351. The molecule has 0 saturated heterocycles. The van der Waals surface area contributed by atoms with Gasteiger partial charge in [0.15, 0.2) is 11.6 Å². The minimum atomic E-state index is -0.903. The highest BCUT2D eigenvalue weighted by Crippen LogP contribution is 2.39. The third-order valence-corrected chi connectivity index (χ3v) is 5.75. The maximum Gasteiger partial charge on any atom is 0.161 e. The van der Waals surface area contributed by atoms with Crippen LogP contribution in [0.15, 0.2) is 35.0 Å². The van der Waals surface area contributed by atoms with Crippen LogP contribution in [0.3, 0.4) is 0 Å². The number of nitrogens with zero attached hydrogens (tertiary/aromatic N) is 2. The lowest BCUT2D eigenvalue weighted by molar-refractivity contribution is 0.510. The fraction of sp³-hybridized carbons (Fsp3) is 0. The molecule has 0 radical (unpaired) electrons. The van der Waals surface area contributed by atoms with Gasteiger partial charge in [-0.05, 0) is 22.9 Å². The van der Waals surface area contributed by atoms with Crippen molar-refractivity contribution < 1.29 is 8.78 Å². The predicted octanol–water partition coefficient (Wildman–Crippen LogP) is 5.49. The van der Waals surface area contributed by atoms with Crippen molar-refractivity contribution in [3.8, 4) is 0 Å². The molecule has 22 heavy (non-hydrogen) atoms. The van der Waals surface area contributed by atoms with Gasteiger partial charge in [0.25, 0.3) is 0 Å². The highest BCUT2D eigenvalue weighted by atomic mass is 32.1. The van der Waals surface area contributed by atoms with E-state index in [4.69, 9.17) is 0 Å². The van der Waals surface area contributed by atoms with Gasteiger partial charge in [-0.25, -0.2) is 18.7 Å². The molecule has 0 saturated carbocycles. The van der Waals surface area contributed by atoms with Crippen LogP contribution in [0.5, 0.6) is 0 Å². The minimum absolute atomic E-state index is 0.369. The Labute approximate surface area is 130 Å². The zero-order valence-electron chi connectivity index (χ0n) is 10.9. The Morgan fingerprint density at radius 2 is 1.18 bits per heavy atom. The topological polar surface area (TPSA) is 25.8 Å². The van der Waals surface area contributed by atoms with E-state index in [0.717, 1.165) is 43.3 Å². The van der Waals surface area contributed by atoms with Crippen molar-refractivity contribution in [3.63, 3.8) is 0 Å². The number of halogens is 2. The predicted molar refractivity (Wildman–Crippen MR) is 87.7 cm³/mol. The Morgan fingerprint density at radius 3 is 1.64 bits per heavy atom. The number of benzene rings is 2. The second kappa shape index (κ2) is 4.18. The number of rotatable bonds is 0.